The molecule has 0 radical (unpaired) electrons. The van der Waals surface area contributed by atoms with Crippen molar-refractivity contribution >= 4 is 17.3 Å². The number of carbonyl (C=O) groups is 1. The molecule has 0 aliphatic carbocycles. The Labute approximate surface area is 141 Å². The van der Waals surface area contributed by atoms with E-state index < -0.39 is 0 Å². The minimum absolute atomic E-state index is 0.0526. The molecule has 0 saturated carbocycles. The number of aromatic hydroxyl groups is 1. The summed E-state index contributed by atoms with van der Waals surface area (Å²) in [6, 6.07) is 12.8. The number of nitrogens with zero attached hydrogens (tertiary/aromatic N) is 2. The van der Waals surface area contributed by atoms with E-state index in [-0.39, 0.29) is 11.7 Å². The summed E-state index contributed by atoms with van der Waals surface area (Å²) < 4.78 is 0. The zero-order chi connectivity index (χ0) is 17.4. The maximum atomic E-state index is 11.4. The SMILES string of the molecule is C=CCC(=O)NCCc1ccc(O)c(N=Nc2ccccc2C)c1. The molecule has 2 aromatic carbocycles. The van der Waals surface area contributed by atoms with E-state index in [4.69, 9.17) is 0 Å². The second kappa shape index (κ2) is 8.62. The van der Waals surface area contributed by atoms with Crippen LogP contribution in [0.3, 0.4) is 0 Å². The Balaban J connectivity index is 2.04. The third kappa shape index (κ3) is 5.05. The molecule has 5 nitrogen and oxygen atoms in total. The first-order valence-corrected chi connectivity index (χ1v) is 7.77. The fourth-order valence-electron chi connectivity index (χ4n) is 2.14. The number of benzene rings is 2. The lowest BCUT2D eigenvalue weighted by molar-refractivity contribution is -0.120. The van der Waals surface area contributed by atoms with E-state index >= 15 is 0 Å². The van der Waals surface area contributed by atoms with Crippen molar-refractivity contribution in [3.05, 3.63) is 66.2 Å². The first-order valence-electron chi connectivity index (χ1n) is 7.77. The lowest BCUT2D eigenvalue weighted by Crippen LogP contribution is -2.24. The van der Waals surface area contributed by atoms with Crippen LogP contribution in [0.25, 0.3) is 0 Å². The summed E-state index contributed by atoms with van der Waals surface area (Å²) in [5.74, 6) is 0.0232. The molecule has 0 fully saturated rings. The minimum atomic E-state index is -0.0526. The summed E-state index contributed by atoms with van der Waals surface area (Å²) >= 11 is 0. The van der Waals surface area contributed by atoms with Gasteiger partial charge in [0.15, 0.2) is 0 Å². The molecule has 0 aliphatic heterocycles. The maximum absolute atomic E-state index is 11.4. The summed E-state index contributed by atoms with van der Waals surface area (Å²) in [5.41, 5.74) is 3.15. The molecule has 0 aliphatic rings. The van der Waals surface area contributed by atoms with Gasteiger partial charge in [-0.1, -0.05) is 30.3 Å². The third-order valence-corrected chi connectivity index (χ3v) is 3.49. The van der Waals surface area contributed by atoms with Gasteiger partial charge in [0, 0.05) is 13.0 Å². The van der Waals surface area contributed by atoms with E-state index in [1.807, 2.05) is 37.3 Å². The number of carbonyl (C=O) groups excluding carboxylic acids is 1. The Hall–Kier alpha value is -2.95. The zero-order valence-corrected chi connectivity index (χ0v) is 13.7. The van der Waals surface area contributed by atoms with Gasteiger partial charge in [0.25, 0.3) is 0 Å². The molecule has 2 aromatic rings. The molecule has 0 aromatic heterocycles. The van der Waals surface area contributed by atoms with E-state index in [9.17, 15) is 9.90 Å². The molecule has 0 unspecified atom stereocenters. The van der Waals surface area contributed by atoms with Crippen molar-refractivity contribution in [2.75, 3.05) is 6.54 Å². The molecule has 2 N–H and O–H groups in total. The molecule has 0 atom stereocenters. The maximum Gasteiger partial charge on any atom is 0.223 e. The Bertz CT molecular complexity index is 754. The molecular formula is C19H21N3O2. The number of hydrogen-bond acceptors (Lipinski definition) is 4. The Morgan fingerprint density at radius 3 is 2.71 bits per heavy atom. The average Bonchev–Trinajstić information content (AvgIpc) is 2.56. The number of rotatable bonds is 7. The van der Waals surface area contributed by atoms with Crippen LogP contribution in [0, 0.1) is 6.92 Å². The third-order valence-electron chi connectivity index (χ3n) is 3.49. The number of hydrogen-bond donors (Lipinski definition) is 2. The first kappa shape index (κ1) is 17.4. The highest BCUT2D eigenvalue weighted by Gasteiger charge is 2.04. The van der Waals surface area contributed by atoms with Gasteiger partial charge in [0.1, 0.15) is 11.4 Å². The highest BCUT2D eigenvalue weighted by Crippen LogP contribution is 2.30. The fourth-order valence-corrected chi connectivity index (χ4v) is 2.14. The smallest absolute Gasteiger partial charge is 0.223 e. The highest BCUT2D eigenvalue weighted by molar-refractivity contribution is 5.77. The van der Waals surface area contributed by atoms with Crippen LogP contribution < -0.4 is 5.32 Å². The van der Waals surface area contributed by atoms with Gasteiger partial charge in [-0.2, -0.15) is 5.11 Å². The van der Waals surface area contributed by atoms with Gasteiger partial charge in [-0.15, -0.1) is 11.7 Å². The normalized spacial score (nSPS) is 10.7. The molecule has 0 bridgehead atoms. The quantitative estimate of drug-likeness (QED) is 0.587. The van der Waals surface area contributed by atoms with Crippen LogP contribution in [-0.4, -0.2) is 17.6 Å². The summed E-state index contributed by atoms with van der Waals surface area (Å²) in [6.45, 7) is 6.00. The van der Waals surface area contributed by atoms with Crippen molar-refractivity contribution in [1.29, 1.82) is 0 Å². The molecule has 24 heavy (non-hydrogen) atoms. The second-order valence-electron chi connectivity index (χ2n) is 5.40. The van der Waals surface area contributed by atoms with Crippen molar-refractivity contribution in [1.82, 2.24) is 5.32 Å². The predicted octanol–water partition coefficient (Wildman–Crippen LogP) is 4.35. The standard InChI is InChI=1S/C19H21N3O2/c1-3-6-19(24)20-12-11-15-9-10-18(23)17(13-15)22-21-16-8-5-4-7-14(16)2/h3-5,7-10,13,23H,1,6,11-12H2,2H3,(H,20,24). The Kier molecular flexibility index (Phi) is 6.25. The van der Waals surface area contributed by atoms with Crippen LogP contribution in [0.1, 0.15) is 17.5 Å². The molecule has 0 heterocycles. The largest absolute Gasteiger partial charge is 0.506 e. The number of phenols is 1. The fraction of sp³-hybridized carbons (Fsp3) is 0.211. The number of amides is 1. The van der Waals surface area contributed by atoms with E-state index in [0.717, 1.165) is 16.8 Å². The van der Waals surface area contributed by atoms with Crippen molar-refractivity contribution in [3.8, 4) is 5.75 Å². The van der Waals surface area contributed by atoms with Crippen molar-refractivity contribution < 1.29 is 9.90 Å². The summed E-state index contributed by atoms with van der Waals surface area (Å²) in [7, 11) is 0. The lowest BCUT2D eigenvalue weighted by atomic mass is 10.1. The van der Waals surface area contributed by atoms with E-state index in [0.29, 0.717) is 25.1 Å². The number of aryl methyl sites for hydroxylation is 1. The molecule has 124 valence electrons. The summed E-state index contributed by atoms with van der Waals surface area (Å²) in [5, 5.41) is 21.1. The number of nitrogens with one attached hydrogen (secondary N) is 1. The van der Waals surface area contributed by atoms with E-state index in [1.165, 1.54) is 0 Å². The number of azo groups is 1. The van der Waals surface area contributed by atoms with Gasteiger partial charge in [0.2, 0.25) is 5.91 Å². The van der Waals surface area contributed by atoms with Gasteiger partial charge in [-0.05, 0) is 42.7 Å². The van der Waals surface area contributed by atoms with E-state index in [2.05, 4.69) is 22.1 Å². The minimum Gasteiger partial charge on any atom is -0.506 e. The lowest BCUT2D eigenvalue weighted by Gasteiger charge is -2.06. The molecule has 0 spiro atoms. The van der Waals surface area contributed by atoms with Gasteiger partial charge >= 0.3 is 0 Å². The summed E-state index contributed by atoms with van der Waals surface area (Å²) in [6.07, 6.45) is 2.53. The second-order valence-corrected chi connectivity index (χ2v) is 5.40. The highest BCUT2D eigenvalue weighted by atomic mass is 16.3. The zero-order valence-electron chi connectivity index (χ0n) is 13.7. The van der Waals surface area contributed by atoms with Crippen LogP contribution >= 0.6 is 0 Å². The first-order chi connectivity index (χ1) is 11.6. The molecule has 1 amide bonds. The summed E-state index contributed by atoms with van der Waals surface area (Å²) in [4.78, 5) is 11.4. The van der Waals surface area contributed by atoms with E-state index in [1.54, 1.807) is 18.2 Å². The monoisotopic (exact) mass is 323 g/mol. The van der Waals surface area contributed by atoms with Crippen LogP contribution in [0.4, 0.5) is 11.4 Å². The average molecular weight is 323 g/mol. The number of phenolic OH excluding ortho intramolecular Hbond substituents is 1. The van der Waals surface area contributed by atoms with Crippen molar-refractivity contribution in [3.63, 3.8) is 0 Å². The Morgan fingerprint density at radius 1 is 1.21 bits per heavy atom. The Morgan fingerprint density at radius 2 is 1.96 bits per heavy atom. The van der Waals surface area contributed by atoms with Crippen LogP contribution in [0.5, 0.6) is 5.75 Å². The van der Waals surface area contributed by atoms with Crippen molar-refractivity contribution in [2.24, 2.45) is 10.2 Å². The van der Waals surface area contributed by atoms with Crippen LogP contribution in [0.2, 0.25) is 0 Å². The van der Waals surface area contributed by atoms with Gasteiger partial charge < -0.3 is 10.4 Å². The molecule has 5 heteroatoms. The van der Waals surface area contributed by atoms with Gasteiger partial charge in [-0.25, -0.2) is 0 Å². The van der Waals surface area contributed by atoms with Gasteiger partial charge in [0.05, 0.1) is 5.69 Å². The molecule has 0 saturated heterocycles. The van der Waals surface area contributed by atoms with Crippen molar-refractivity contribution in [2.45, 2.75) is 19.8 Å². The van der Waals surface area contributed by atoms with Crippen LogP contribution in [-0.2, 0) is 11.2 Å². The van der Waals surface area contributed by atoms with Crippen LogP contribution in [0.15, 0.2) is 65.3 Å². The topological polar surface area (TPSA) is 74.0 Å². The molecular weight excluding hydrogens is 302 g/mol. The predicted molar refractivity (Wildman–Crippen MR) is 95.0 cm³/mol. The molecule has 2 rings (SSSR count). The van der Waals surface area contributed by atoms with Gasteiger partial charge in [-0.3, -0.25) is 4.79 Å².